The summed E-state index contributed by atoms with van der Waals surface area (Å²) in [6.07, 6.45) is 5.90. The van der Waals surface area contributed by atoms with Gasteiger partial charge in [-0.2, -0.15) is 4.98 Å². The molecule has 2 heterocycles. The fraction of sp³-hybridized carbons (Fsp3) is 0.240. The van der Waals surface area contributed by atoms with E-state index < -0.39 is 0 Å². The van der Waals surface area contributed by atoms with Crippen LogP contribution in [0.2, 0.25) is 0 Å². The second-order valence-electron chi connectivity index (χ2n) is 8.41. The molecule has 4 aromatic rings. The molecule has 0 radical (unpaired) electrons. The molecule has 7 nitrogen and oxygen atoms in total. The monoisotopic (exact) mass is 504 g/mol. The second kappa shape index (κ2) is 9.33. The third-order valence-electron chi connectivity index (χ3n) is 5.80. The highest BCUT2D eigenvalue weighted by atomic mass is 79.9. The first-order chi connectivity index (χ1) is 16.0. The zero-order valence-corrected chi connectivity index (χ0v) is 20.1. The van der Waals surface area contributed by atoms with E-state index in [1.807, 2.05) is 48.5 Å². The van der Waals surface area contributed by atoms with Gasteiger partial charge in [0.2, 0.25) is 5.95 Å². The van der Waals surface area contributed by atoms with Crippen molar-refractivity contribution in [2.45, 2.75) is 25.0 Å². The maximum atomic E-state index is 6.13. The zero-order valence-electron chi connectivity index (χ0n) is 18.5. The lowest BCUT2D eigenvalue weighted by Gasteiger charge is -2.39. The number of pyridine rings is 1. The topological polar surface area (TPSA) is 75.2 Å². The first kappa shape index (κ1) is 21.6. The molecule has 0 unspecified atom stereocenters. The molecule has 0 amide bonds. The van der Waals surface area contributed by atoms with Crippen LogP contribution in [-0.2, 0) is 0 Å². The van der Waals surface area contributed by atoms with Crippen LogP contribution in [-0.4, -0.2) is 46.1 Å². The summed E-state index contributed by atoms with van der Waals surface area (Å²) in [5, 5.41) is 7.63. The number of benzene rings is 2. The first-order valence-electron chi connectivity index (χ1n) is 10.9. The van der Waals surface area contributed by atoms with Gasteiger partial charge in [-0.05, 0) is 79.3 Å². The Balaban J connectivity index is 1.24. The molecular formula is C25H25BrN6O. The van der Waals surface area contributed by atoms with E-state index in [9.17, 15) is 0 Å². The van der Waals surface area contributed by atoms with Crippen LogP contribution < -0.4 is 15.4 Å². The van der Waals surface area contributed by atoms with Crippen LogP contribution in [0.25, 0.3) is 10.9 Å². The first-order valence-corrected chi connectivity index (χ1v) is 11.7. The molecule has 0 spiro atoms. The predicted octanol–water partition coefficient (Wildman–Crippen LogP) is 5.75. The summed E-state index contributed by atoms with van der Waals surface area (Å²) in [7, 11) is 4.23. The maximum Gasteiger partial charge on any atom is 0.229 e. The van der Waals surface area contributed by atoms with Gasteiger partial charge in [0.25, 0.3) is 0 Å². The third kappa shape index (κ3) is 5.07. The van der Waals surface area contributed by atoms with E-state index in [1.165, 1.54) is 0 Å². The van der Waals surface area contributed by atoms with Crippen molar-refractivity contribution in [1.82, 2.24) is 19.9 Å². The number of halogens is 1. The molecule has 1 fully saturated rings. The molecule has 1 aliphatic carbocycles. The lowest BCUT2D eigenvalue weighted by atomic mass is 9.88. The van der Waals surface area contributed by atoms with Crippen LogP contribution in [0.1, 0.15) is 12.8 Å². The molecule has 168 valence electrons. The largest absolute Gasteiger partial charge is 0.489 e. The Morgan fingerprint density at radius 2 is 1.82 bits per heavy atom. The molecular weight excluding hydrogens is 480 g/mol. The molecule has 0 bridgehead atoms. The number of para-hydroxylation sites is 1. The lowest BCUT2D eigenvalue weighted by Crippen LogP contribution is -2.46. The Kier molecular flexibility index (Phi) is 6.11. The molecule has 2 aromatic carbocycles. The number of aromatic nitrogens is 3. The van der Waals surface area contributed by atoms with Crippen molar-refractivity contribution >= 4 is 50.0 Å². The summed E-state index contributed by atoms with van der Waals surface area (Å²) in [4.78, 5) is 15.7. The summed E-state index contributed by atoms with van der Waals surface area (Å²) < 4.78 is 7.03. The summed E-state index contributed by atoms with van der Waals surface area (Å²) in [6.45, 7) is 0. The van der Waals surface area contributed by atoms with Crippen molar-refractivity contribution < 1.29 is 4.74 Å². The predicted molar refractivity (Wildman–Crippen MR) is 136 cm³/mol. The van der Waals surface area contributed by atoms with Crippen LogP contribution >= 0.6 is 15.9 Å². The van der Waals surface area contributed by atoms with Crippen LogP contribution in [0.15, 0.2) is 71.5 Å². The number of fused-ring (bicyclic) bond motifs is 1. The minimum absolute atomic E-state index is 0.267. The summed E-state index contributed by atoms with van der Waals surface area (Å²) in [6, 6.07) is 18.4. The van der Waals surface area contributed by atoms with Crippen LogP contribution in [0.4, 0.5) is 23.1 Å². The van der Waals surface area contributed by atoms with Gasteiger partial charge in [-0.25, -0.2) is 4.98 Å². The van der Waals surface area contributed by atoms with Gasteiger partial charge in [-0.1, -0.05) is 18.2 Å². The molecule has 0 aliphatic heterocycles. The smallest absolute Gasteiger partial charge is 0.229 e. The Bertz CT molecular complexity index is 1270. The number of nitrogens with zero attached hydrogens (tertiary/aromatic N) is 4. The Hall–Kier alpha value is -3.23. The number of hydrogen-bond donors (Lipinski definition) is 2. The number of nitrogens with one attached hydrogen (secondary N) is 2. The molecule has 0 saturated heterocycles. The van der Waals surface area contributed by atoms with E-state index in [4.69, 9.17) is 4.74 Å². The quantitative estimate of drug-likeness (QED) is 0.332. The molecule has 0 atom stereocenters. The van der Waals surface area contributed by atoms with Crippen LogP contribution in [0.3, 0.4) is 0 Å². The second-order valence-corrected chi connectivity index (χ2v) is 9.26. The Labute approximate surface area is 201 Å². The normalized spacial score (nSPS) is 17.6. The van der Waals surface area contributed by atoms with Gasteiger partial charge < -0.3 is 20.3 Å². The fourth-order valence-corrected chi connectivity index (χ4v) is 4.29. The molecule has 5 rings (SSSR count). The summed E-state index contributed by atoms with van der Waals surface area (Å²) in [5.74, 6) is 2.04. The van der Waals surface area contributed by atoms with Crippen LogP contribution in [0.5, 0.6) is 5.75 Å². The fourth-order valence-electron chi connectivity index (χ4n) is 3.81. The van der Waals surface area contributed by atoms with Gasteiger partial charge in [0.15, 0.2) is 0 Å². The van der Waals surface area contributed by atoms with Crippen molar-refractivity contribution in [3.8, 4) is 5.75 Å². The molecule has 1 aliphatic rings. The van der Waals surface area contributed by atoms with Crippen molar-refractivity contribution in [3.63, 3.8) is 0 Å². The van der Waals surface area contributed by atoms with Gasteiger partial charge in [0.1, 0.15) is 17.7 Å². The van der Waals surface area contributed by atoms with Gasteiger partial charge in [-0.15, -0.1) is 0 Å². The van der Waals surface area contributed by atoms with E-state index in [1.54, 1.807) is 12.4 Å². The average molecular weight is 505 g/mol. The van der Waals surface area contributed by atoms with E-state index in [2.05, 4.69) is 66.6 Å². The summed E-state index contributed by atoms with van der Waals surface area (Å²) in [5.41, 5.74) is 2.70. The van der Waals surface area contributed by atoms with Crippen LogP contribution in [0, 0.1) is 0 Å². The van der Waals surface area contributed by atoms with Gasteiger partial charge >= 0.3 is 0 Å². The Morgan fingerprint density at radius 1 is 0.970 bits per heavy atom. The minimum Gasteiger partial charge on any atom is -0.489 e. The van der Waals surface area contributed by atoms with Gasteiger partial charge in [-0.3, -0.25) is 4.98 Å². The highest BCUT2D eigenvalue weighted by Crippen LogP contribution is 2.34. The third-order valence-corrected chi connectivity index (χ3v) is 6.42. The highest BCUT2D eigenvalue weighted by Gasteiger charge is 2.32. The van der Waals surface area contributed by atoms with Crippen molar-refractivity contribution in [1.29, 1.82) is 0 Å². The zero-order chi connectivity index (χ0) is 22.8. The minimum atomic E-state index is 0.267. The standard InChI is InChI=1S/C25H25BrN6O/c1-32(2)19-13-20(14-19)33-23-8-7-17(12-21(23)26)30-25-27-10-9-24(31-25)29-18-11-16-5-3-4-6-22(16)28-15-18/h3-12,15,19-20H,13-14H2,1-2H3,(H2,27,29,30,31). The van der Waals surface area contributed by atoms with Crippen molar-refractivity contribution in [3.05, 3.63) is 71.5 Å². The van der Waals surface area contributed by atoms with Gasteiger partial charge in [0.05, 0.1) is 21.9 Å². The number of rotatable bonds is 7. The molecule has 33 heavy (non-hydrogen) atoms. The molecule has 1 saturated carbocycles. The van der Waals surface area contributed by atoms with E-state index >= 15 is 0 Å². The van der Waals surface area contributed by atoms with Crippen molar-refractivity contribution in [2.75, 3.05) is 24.7 Å². The highest BCUT2D eigenvalue weighted by molar-refractivity contribution is 9.10. The molecule has 2 N–H and O–H groups in total. The number of ether oxygens (including phenoxy) is 1. The SMILES string of the molecule is CN(C)C1CC(Oc2ccc(Nc3nccc(Nc4cnc5ccccc5c4)n3)cc2Br)C1. The lowest BCUT2D eigenvalue weighted by molar-refractivity contribution is 0.0396. The van der Waals surface area contributed by atoms with E-state index in [-0.39, 0.29) is 6.10 Å². The molecule has 2 aromatic heterocycles. The van der Waals surface area contributed by atoms with E-state index in [0.29, 0.717) is 17.8 Å². The molecule has 8 heteroatoms. The summed E-state index contributed by atoms with van der Waals surface area (Å²) >= 11 is 3.63. The van der Waals surface area contributed by atoms with Crippen molar-refractivity contribution in [2.24, 2.45) is 0 Å². The van der Waals surface area contributed by atoms with Gasteiger partial charge in [0, 0.05) is 23.3 Å². The Morgan fingerprint density at radius 3 is 2.64 bits per heavy atom. The maximum absolute atomic E-state index is 6.13. The number of anilines is 4. The van der Waals surface area contributed by atoms with E-state index in [0.717, 1.165) is 45.3 Å². The number of hydrogen-bond acceptors (Lipinski definition) is 7. The average Bonchev–Trinajstić information content (AvgIpc) is 2.77.